The van der Waals surface area contributed by atoms with Gasteiger partial charge in [-0.1, -0.05) is 26.0 Å². The lowest BCUT2D eigenvalue weighted by Crippen LogP contribution is -3.15. The first-order chi connectivity index (χ1) is 9.58. The van der Waals surface area contributed by atoms with Crippen molar-refractivity contribution >= 4 is 11.6 Å². The van der Waals surface area contributed by atoms with E-state index in [2.05, 4.69) is 19.2 Å². The van der Waals surface area contributed by atoms with E-state index in [1.165, 1.54) is 11.3 Å². The summed E-state index contributed by atoms with van der Waals surface area (Å²) in [5.41, 5.74) is 0.748. The van der Waals surface area contributed by atoms with Gasteiger partial charge in [-0.2, -0.15) is 0 Å². The number of likely N-dealkylation sites (tertiary alicyclic amines) is 1. The Morgan fingerprint density at radius 3 is 2.60 bits per heavy atom. The van der Waals surface area contributed by atoms with Crippen molar-refractivity contribution in [2.45, 2.75) is 20.3 Å². The fourth-order valence-corrected chi connectivity index (χ4v) is 3.24. The van der Waals surface area contributed by atoms with Gasteiger partial charge in [-0.3, -0.25) is 4.79 Å². The summed E-state index contributed by atoms with van der Waals surface area (Å²) < 4.78 is 5.25. The highest BCUT2D eigenvalue weighted by Crippen LogP contribution is 2.22. The number of rotatable bonds is 4. The predicted molar refractivity (Wildman–Crippen MR) is 80.1 cm³/mol. The quantitative estimate of drug-likeness (QED) is 0.868. The number of methoxy groups -OCH3 is 1. The van der Waals surface area contributed by atoms with Crippen LogP contribution in [0.25, 0.3) is 0 Å². The third-order valence-corrected chi connectivity index (χ3v) is 3.87. The highest BCUT2D eigenvalue weighted by molar-refractivity contribution is 5.92. The number of hydrogen-bond donors (Lipinski definition) is 2. The van der Waals surface area contributed by atoms with Crippen LogP contribution in [-0.2, 0) is 4.79 Å². The number of nitrogens with one attached hydrogen (secondary N) is 2. The van der Waals surface area contributed by atoms with Crippen LogP contribution >= 0.6 is 0 Å². The average molecular weight is 277 g/mol. The number of para-hydroxylation sites is 2. The van der Waals surface area contributed by atoms with Crippen LogP contribution in [0.2, 0.25) is 0 Å². The number of carbonyl (C=O) groups is 1. The SMILES string of the molecule is COc1ccccc1NC(=O)C[NH+]1C[C@H](C)C[C@@H](C)C1. The summed E-state index contributed by atoms with van der Waals surface area (Å²) in [6, 6.07) is 7.52. The van der Waals surface area contributed by atoms with Crippen molar-refractivity contribution in [2.75, 3.05) is 32.1 Å². The molecule has 0 aromatic heterocycles. The molecule has 0 bridgehead atoms. The third kappa shape index (κ3) is 3.97. The number of anilines is 1. The van der Waals surface area contributed by atoms with Gasteiger partial charge in [0.1, 0.15) is 5.75 Å². The van der Waals surface area contributed by atoms with E-state index < -0.39 is 0 Å². The molecule has 1 saturated heterocycles. The van der Waals surface area contributed by atoms with Gasteiger partial charge in [0.25, 0.3) is 5.91 Å². The molecular weight excluding hydrogens is 252 g/mol. The molecule has 0 aliphatic carbocycles. The van der Waals surface area contributed by atoms with Gasteiger partial charge in [-0.15, -0.1) is 0 Å². The first-order valence-electron chi connectivity index (χ1n) is 7.35. The Bertz CT molecular complexity index is 452. The summed E-state index contributed by atoms with van der Waals surface area (Å²) in [4.78, 5) is 13.6. The summed E-state index contributed by atoms with van der Waals surface area (Å²) in [5.74, 6) is 2.17. The molecule has 2 atom stereocenters. The highest BCUT2D eigenvalue weighted by atomic mass is 16.5. The Hall–Kier alpha value is -1.55. The maximum atomic E-state index is 12.2. The number of hydrogen-bond acceptors (Lipinski definition) is 2. The Morgan fingerprint density at radius 1 is 1.30 bits per heavy atom. The van der Waals surface area contributed by atoms with Crippen LogP contribution in [0.4, 0.5) is 5.69 Å². The molecule has 1 aromatic rings. The van der Waals surface area contributed by atoms with E-state index in [4.69, 9.17) is 4.74 Å². The Labute approximate surface area is 121 Å². The number of quaternary nitrogens is 1. The number of amides is 1. The second-order valence-electron chi connectivity index (χ2n) is 6.03. The van der Waals surface area contributed by atoms with Gasteiger partial charge < -0.3 is 15.0 Å². The fraction of sp³-hybridized carbons (Fsp3) is 0.562. The van der Waals surface area contributed by atoms with E-state index in [1.54, 1.807) is 7.11 Å². The van der Waals surface area contributed by atoms with Crippen LogP contribution < -0.4 is 15.0 Å². The molecule has 2 N–H and O–H groups in total. The number of benzene rings is 1. The minimum atomic E-state index is 0.0609. The van der Waals surface area contributed by atoms with Crippen LogP contribution in [0, 0.1) is 11.8 Å². The topological polar surface area (TPSA) is 42.8 Å². The fourth-order valence-electron chi connectivity index (χ4n) is 3.24. The zero-order valence-electron chi connectivity index (χ0n) is 12.6. The van der Waals surface area contributed by atoms with Crippen molar-refractivity contribution in [1.82, 2.24) is 0 Å². The Morgan fingerprint density at radius 2 is 1.95 bits per heavy atom. The van der Waals surface area contributed by atoms with Crippen molar-refractivity contribution < 1.29 is 14.4 Å². The lowest BCUT2D eigenvalue weighted by Gasteiger charge is -2.31. The van der Waals surface area contributed by atoms with Crippen LogP contribution in [0.15, 0.2) is 24.3 Å². The molecular formula is C16H25N2O2+. The lowest BCUT2D eigenvalue weighted by atomic mass is 9.92. The van der Waals surface area contributed by atoms with E-state index in [0.29, 0.717) is 24.1 Å². The Kier molecular flexibility index (Phi) is 5.01. The molecule has 1 heterocycles. The van der Waals surface area contributed by atoms with Crippen LogP contribution in [0.3, 0.4) is 0 Å². The molecule has 0 radical (unpaired) electrons. The second kappa shape index (κ2) is 6.75. The minimum Gasteiger partial charge on any atom is -0.495 e. The molecule has 0 saturated carbocycles. The molecule has 1 aliphatic heterocycles. The van der Waals surface area contributed by atoms with Gasteiger partial charge in [-0.25, -0.2) is 0 Å². The van der Waals surface area contributed by atoms with E-state index >= 15 is 0 Å². The first kappa shape index (κ1) is 14.9. The summed E-state index contributed by atoms with van der Waals surface area (Å²) in [6.07, 6.45) is 1.28. The monoisotopic (exact) mass is 277 g/mol. The molecule has 1 aromatic carbocycles. The van der Waals surface area contributed by atoms with E-state index in [0.717, 1.165) is 18.8 Å². The van der Waals surface area contributed by atoms with E-state index in [-0.39, 0.29) is 5.91 Å². The molecule has 0 unspecified atom stereocenters. The predicted octanol–water partition coefficient (Wildman–Crippen LogP) is 1.19. The second-order valence-corrected chi connectivity index (χ2v) is 6.03. The number of carbonyl (C=O) groups excluding carboxylic acids is 1. The molecule has 2 rings (SSSR count). The van der Waals surface area contributed by atoms with Crippen molar-refractivity contribution in [1.29, 1.82) is 0 Å². The van der Waals surface area contributed by atoms with Gasteiger partial charge in [0.15, 0.2) is 6.54 Å². The summed E-state index contributed by atoms with van der Waals surface area (Å²) in [7, 11) is 1.62. The van der Waals surface area contributed by atoms with Gasteiger partial charge in [-0.05, 0) is 18.6 Å². The zero-order valence-corrected chi connectivity index (χ0v) is 12.6. The molecule has 0 spiro atoms. The maximum absolute atomic E-state index is 12.2. The van der Waals surface area contributed by atoms with Crippen LogP contribution in [0.5, 0.6) is 5.75 Å². The van der Waals surface area contributed by atoms with Crippen molar-refractivity contribution in [3.8, 4) is 5.75 Å². The van der Waals surface area contributed by atoms with Crippen molar-refractivity contribution in [3.63, 3.8) is 0 Å². The highest BCUT2D eigenvalue weighted by Gasteiger charge is 2.26. The Balaban J connectivity index is 1.92. The molecule has 110 valence electrons. The average Bonchev–Trinajstić information content (AvgIpc) is 2.37. The van der Waals surface area contributed by atoms with Crippen LogP contribution in [-0.4, -0.2) is 32.7 Å². The van der Waals surface area contributed by atoms with Gasteiger partial charge in [0.2, 0.25) is 0 Å². The minimum absolute atomic E-state index is 0.0609. The summed E-state index contributed by atoms with van der Waals surface area (Å²) >= 11 is 0. The van der Waals surface area contributed by atoms with Crippen LogP contribution in [0.1, 0.15) is 20.3 Å². The van der Waals surface area contributed by atoms with Crippen molar-refractivity contribution in [2.24, 2.45) is 11.8 Å². The molecule has 4 heteroatoms. The third-order valence-electron chi connectivity index (χ3n) is 3.87. The molecule has 1 fully saturated rings. The van der Waals surface area contributed by atoms with E-state index in [9.17, 15) is 4.79 Å². The number of ether oxygens (including phenoxy) is 1. The molecule has 1 aliphatic rings. The number of piperidine rings is 1. The van der Waals surface area contributed by atoms with Gasteiger partial charge in [0.05, 0.1) is 25.9 Å². The lowest BCUT2D eigenvalue weighted by molar-refractivity contribution is -0.904. The van der Waals surface area contributed by atoms with Crippen molar-refractivity contribution in [3.05, 3.63) is 24.3 Å². The summed E-state index contributed by atoms with van der Waals surface area (Å²) in [6.45, 7) is 7.25. The van der Waals surface area contributed by atoms with E-state index in [1.807, 2.05) is 24.3 Å². The largest absolute Gasteiger partial charge is 0.495 e. The molecule has 4 nitrogen and oxygen atoms in total. The molecule has 1 amide bonds. The normalized spacial score (nSPS) is 26.1. The van der Waals surface area contributed by atoms with Gasteiger partial charge >= 0.3 is 0 Å². The van der Waals surface area contributed by atoms with Gasteiger partial charge in [0, 0.05) is 11.8 Å². The molecule has 20 heavy (non-hydrogen) atoms. The standard InChI is InChI=1S/C16H24N2O2/c1-12-8-13(2)10-18(9-12)11-16(19)17-14-6-4-5-7-15(14)20-3/h4-7,12-13H,8-11H2,1-3H3,(H,17,19)/p+1/t12-,13-/m1/s1. The smallest absolute Gasteiger partial charge is 0.279 e. The first-order valence-corrected chi connectivity index (χ1v) is 7.35. The maximum Gasteiger partial charge on any atom is 0.279 e. The zero-order chi connectivity index (χ0) is 14.5. The summed E-state index contributed by atoms with van der Waals surface area (Å²) in [5, 5.41) is 2.95.